The van der Waals surface area contributed by atoms with Gasteiger partial charge in [0.25, 0.3) is 0 Å². The van der Waals surface area contributed by atoms with Gasteiger partial charge >= 0.3 is 0 Å². The quantitative estimate of drug-likeness (QED) is 0.370. The van der Waals surface area contributed by atoms with Gasteiger partial charge in [-0.25, -0.2) is 4.99 Å². The number of aromatic nitrogens is 2. The summed E-state index contributed by atoms with van der Waals surface area (Å²) in [6.45, 7) is 8.92. The van der Waals surface area contributed by atoms with Crippen LogP contribution < -0.4 is 10.6 Å². The highest BCUT2D eigenvalue weighted by Crippen LogP contribution is 2.12. The van der Waals surface area contributed by atoms with Crippen LogP contribution in [-0.4, -0.2) is 29.4 Å². The molecule has 1 heterocycles. The summed E-state index contributed by atoms with van der Waals surface area (Å²) in [7, 11) is 3.68. The average Bonchev–Trinajstić information content (AvgIpc) is 2.84. The number of aryl methyl sites for hydroxylation is 2. The Kier molecular flexibility index (Phi) is 9.64. The molecular formula is C19H30IN5O. The van der Waals surface area contributed by atoms with Crippen molar-refractivity contribution in [1.82, 2.24) is 20.4 Å². The Morgan fingerprint density at radius 3 is 2.46 bits per heavy atom. The molecule has 0 fully saturated rings. The summed E-state index contributed by atoms with van der Waals surface area (Å²) in [5.74, 6) is 0.803. The first-order valence-corrected chi connectivity index (χ1v) is 8.63. The number of ether oxygens (including phenoxy) is 1. The number of aliphatic imine (C=N–C) groups is 1. The minimum absolute atomic E-state index is 0. The van der Waals surface area contributed by atoms with Crippen molar-refractivity contribution in [3.8, 4) is 0 Å². The lowest BCUT2D eigenvalue weighted by Crippen LogP contribution is -2.37. The first-order chi connectivity index (χ1) is 12.1. The van der Waals surface area contributed by atoms with Crippen molar-refractivity contribution >= 4 is 29.9 Å². The van der Waals surface area contributed by atoms with Crippen LogP contribution in [0.1, 0.15) is 35.0 Å². The summed E-state index contributed by atoms with van der Waals surface area (Å²) in [5.41, 5.74) is 5.78. The van der Waals surface area contributed by atoms with Crippen LogP contribution in [-0.2, 0) is 31.5 Å². The second-order valence-corrected chi connectivity index (χ2v) is 6.02. The molecule has 1 aromatic heterocycles. The van der Waals surface area contributed by atoms with Crippen molar-refractivity contribution in [3.05, 3.63) is 52.3 Å². The molecule has 7 heteroatoms. The second-order valence-electron chi connectivity index (χ2n) is 6.02. The molecule has 0 aliphatic rings. The molecule has 0 amide bonds. The summed E-state index contributed by atoms with van der Waals surface area (Å²) in [6.07, 6.45) is 0. The van der Waals surface area contributed by atoms with E-state index < -0.39 is 0 Å². The van der Waals surface area contributed by atoms with Crippen LogP contribution in [0.4, 0.5) is 0 Å². The highest BCUT2D eigenvalue weighted by atomic mass is 127. The van der Waals surface area contributed by atoms with E-state index in [1.807, 2.05) is 30.8 Å². The number of benzene rings is 1. The molecule has 0 aliphatic carbocycles. The summed E-state index contributed by atoms with van der Waals surface area (Å²) in [4.78, 5) is 4.72. The standard InChI is InChI=1S/C19H29N5O.HI/c1-6-20-19(22-12-18-14(2)23-24(4)15(18)3)21-11-16-9-7-8-10-17(16)13-25-5;/h7-10H,6,11-13H2,1-5H3,(H2,20,21,22);1H. The molecule has 0 spiro atoms. The molecule has 2 N–H and O–H groups in total. The van der Waals surface area contributed by atoms with Crippen molar-refractivity contribution < 1.29 is 4.74 Å². The van der Waals surface area contributed by atoms with Crippen molar-refractivity contribution in [3.63, 3.8) is 0 Å². The zero-order chi connectivity index (χ0) is 18.2. The molecule has 0 radical (unpaired) electrons. The topological polar surface area (TPSA) is 63.5 Å². The molecule has 0 unspecified atom stereocenters. The maximum Gasteiger partial charge on any atom is 0.191 e. The molecule has 2 rings (SSSR count). The number of halogens is 1. The van der Waals surface area contributed by atoms with Crippen LogP contribution in [0.15, 0.2) is 29.3 Å². The Balaban J connectivity index is 0.00000338. The molecule has 2 aromatic rings. The Labute approximate surface area is 173 Å². The summed E-state index contributed by atoms with van der Waals surface area (Å²) in [5, 5.41) is 11.2. The SMILES string of the molecule is CCNC(=NCc1ccccc1COC)NCc1c(C)nn(C)c1C.I. The summed E-state index contributed by atoms with van der Waals surface area (Å²) >= 11 is 0. The molecule has 1 aromatic carbocycles. The number of methoxy groups -OCH3 is 1. The predicted molar refractivity (Wildman–Crippen MR) is 117 cm³/mol. The molecular weight excluding hydrogens is 441 g/mol. The van der Waals surface area contributed by atoms with Crippen molar-refractivity contribution in [1.29, 1.82) is 0 Å². The Morgan fingerprint density at radius 1 is 1.19 bits per heavy atom. The minimum Gasteiger partial charge on any atom is -0.380 e. The minimum atomic E-state index is 0. The first kappa shape index (κ1) is 22.4. The number of nitrogens with zero attached hydrogens (tertiary/aromatic N) is 3. The van der Waals surface area contributed by atoms with E-state index in [4.69, 9.17) is 9.73 Å². The number of nitrogens with one attached hydrogen (secondary N) is 2. The normalized spacial score (nSPS) is 11.2. The second kappa shape index (κ2) is 11.2. The molecule has 0 saturated heterocycles. The van der Waals surface area contributed by atoms with E-state index in [1.54, 1.807) is 7.11 Å². The van der Waals surface area contributed by atoms with Gasteiger partial charge in [0.1, 0.15) is 0 Å². The van der Waals surface area contributed by atoms with E-state index in [-0.39, 0.29) is 24.0 Å². The van der Waals surface area contributed by atoms with Crippen molar-refractivity contribution in [2.75, 3.05) is 13.7 Å². The van der Waals surface area contributed by atoms with E-state index >= 15 is 0 Å². The number of hydrogen-bond acceptors (Lipinski definition) is 3. The lowest BCUT2D eigenvalue weighted by molar-refractivity contribution is 0.184. The van der Waals surface area contributed by atoms with E-state index in [2.05, 4.69) is 41.7 Å². The Hall–Kier alpha value is -1.61. The van der Waals surface area contributed by atoms with Crippen LogP contribution in [0.2, 0.25) is 0 Å². The van der Waals surface area contributed by atoms with E-state index in [0.717, 1.165) is 18.2 Å². The fraction of sp³-hybridized carbons (Fsp3) is 0.474. The van der Waals surface area contributed by atoms with Crippen LogP contribution in [0, 0.1) is 13.8 Å². The van der Waals surface area contributed by atoms with Gasteiger partial charge in [0.05, 0.1) is 18.8 Å². The van der Waals surface area contributed by atoms with Gasteiger partial charge in [0.2, 0.25) is 0 Å². The largest absolute Gasteiger partial charge is 0.380 e. The van der Waals surface area contributed by atoms with Crippen molar-refractivity contribution in [2.45, 2.75) is 40.5 Å². The molecule has 0 atom stereocenters. The molecule has 6 nitrogen and oxygen atoms in total. The van der Waals surface area contributed by atoms with E-state index in [0.29, 0.717) is 19.7 Å². The van der Waals surface area contributed by atoms with Crippen molar-refractivity contribution in [2.24, 2.45) is 12.0 Å². The third kappa shape index (κ3) is 5.98. The third-order valence-electron chi connectivity index (χ3n) is 4.26. The molecule has 0 bridgehead atoms. The van der Waals surface area contributed by atoms with Crippen LogP contribution in [0.5, 0.6) is 0 Å². The Morgan fingerprint density at radius 2 is 1.88 bits per heavy atom. The lowest BCUT2D eigenvalue weighted by Gasteiger charge is -2.12. The lowest BCUT2D eigenvalue weighted by atomic mass is 10.1. The third-order valence-corrected chi connectivity index (χ3v) is 4.26. The molecule has 0 saturated carbocycles. The summed E-state index contributed by atoms with van der Waals surface area (Å²) < 4.78 is 7.18. The van der Waals surface area contributed by atoms with Crippen LogP contribution in [0.25, 0.3) is 0 Å². The monoisotopic (exact) mass is 471 g/mol. The van der Waals surface area contributed by atoms with Gasteiger partial charge in [-0.05, 0) is 31.9 Å². The fourth-order valence-electron chi connectivity index (χ4n) is 2.76. The van der Waals surface area contributed by atoms with Gasteiger partial charge in [-0.2, -0.15) is 5.10 Å². The van der Waals surface area contributed by atoms with E-state index in [1.165, 1.54) is 22.4 Å². The number of rotatable bonds is 7. The fourth-order valence-corrected chi connectivity index (χ4v) is 2.76. The summed E-state index contributed by atoms with van der Waals surface area (Å²) in [6, 6.07) is 8.24. The zero-order valence-electron chi connectivity index (χ0n) is 16.3. The zero-order valence-corrected chi connectivity index (χ0v) is 18.6. The molecule has 144 valence electrons. The number of guanidine groups is 1. The van der Waals surface area contributed by atoms with Gasteiger partial charge in [-0.3, -0.25) is 4.68 Å². The Bertz CT molecular complexity index is 727. The maximum atomic E-state index is 5.27. The average molecular weight is 471 g/mol. The van der Waals surface area contributed by atoms with Crippen LogP contribution >= 0.6 is 24.0 Å². The molecule has 0 aliphatic heterocycles. The van der Waals surface area contributed by atoms with Gasteiger partial charge in [0, 0.05) is 38.5 Å². The van der Waals surface area contributed by atoms with Gasteiger partial charge in [-0.1, -0.05) is 24.3 Å². The van der Waals surface area contributed by atoms with Crippen LogP contribution in [0.3, 0.4) is 0 Å². The highest BCUT2D eigenvalue weighted by Gasteiger charge is 2.10. The maximum absolute atomic E-state index is 5.27. The van der Waals surface area contributed by atoms with E-state index in [9.17, 15) is 0 Å². The van der Waals surface area contributed by atoms with Gasteiger partial charge < -0.3 is 15.4 Å². The van der Waals surface area contributed by atoms with Gasteiger partial charge in [0.15, 0.2) is 5.96 Å². The predicted octanol–water partition coefficient (Wildman–Crippen LogP) is 3.06. The highest BCUT2D eigenvalue weighted by molar-refractivity contribution is 14.0. The smallest absolute Gasteiger partial charge is 0.191 e. The molecule has 26 heavy (non-hydrogen) atoms. The van der Waals surface area contributed by atoms with Gasteiger partial charge in [-0.15, -0.1) is 24.0 Å². The number of hydrogen-bond donors (Lipinski definition) is 2. The first-order valence-electron chi connectivity index (χ1n) is 8.63.